The summed E-state index contributed by atoms with van der Waals surface area (Å²) in [7, 11) is -2.03. The Hall–Kier alpha value is -1.87. The minimum atomic E-state index is -3.64. The summed E-state index contributed by atoms with van der Waals surface area (Å²) in [5.41, 5.74) is 2.52. The lowest BCUT2D eigenvalue weighted by atomic mass is 10.1. The number of hydrogen-bond donors (Lipinski definition) is 1. The van der Waals surface area contributed by atoms with Crippen molar-refractivity contribution >= 4 is 33.0 Å². The fourth-order valence-corrected chi connectivity index (χ4v) is 5.35. The van der Waals surface area contributed by atoms with Crippen LogP contribution in [-0.2, 0) is 10.0 Å². The van der Waals surface area contributed by atoms with E-state index < -0.39 is 16.1 Å². The normalized spacial score (nSPS) is 12.9. The zero-order chi connectivity index (χ0) is 18.9. The van der Waals surface area contributed by atoms with E-state index in [1.165, 1.54) is 6.07 Å². The molecule has 6 nitrogen and oxygen atoms in total. The number of methoxy groups -OCH3 is 1. The number of nitrogens with one attached hydrogen (secondary N) is 1. The Bertz CT molecular complexity index is 1010. The highest BCUT2D eigenvalue weighted by molar-refractivity contribution is 7.91. The molecule has 0 saturated heterocycles. The summed E-state index contributed by atoms with van der Waals surface area (Å²) in [6.07, 6.45) is 1.67. The summed E-state index contributed by atoms with van der Waals surface area (Å²) in [4.78, 5) is 0. The van der Waals surface area contributed by atoms with E-state index in [9.17, 15) is 8.42 Å². The lowest BCUT2D eigenvalue weighted by Gasteiger charge is -2.14. The molecule has 0 aliphatic carbocycles. The SMILES string of the molecule is COc1ccc(-n2ncc([C@@H](C)NS(=O)(=O)c3ccc(Cl)s3)c2C)cc1. The van der Waals surface area contributed by atoms with Crippen LogP contribution in [0.4, 0.5) is 0 Å². The highest BCUT2D eigenvalue weighted by atomic mass is 35.5. The largest absolute Gasteiger partial charge is 0.497 e. The molecule has 0 aliphatic heterocycles. The molecule has 0 radical (unpaired) electrons. The smallest absolute Gasteiger partial charge is 0.250 e. The minimum absolute atomic E-state index is 0.189. The number of thiophene rings is 1. The molecule has 0 fully saturated rings. The summed E-state index contributed by atoms with van der Waals surface area (Å²) >= 11 is 6.87. The summed E-state index contributed by atoms with van der Waals surface area (Å²) in [5.74, 6) is 0.759. The zero-order valence-corrected chi connectivity index (χ0v) is 16.8. The number of halogens is 1. The van der Waals surface area contributed by atoms with Gasteiger partial charge >= 0.3 is 0 Å². The molecule has 0 spiro atoms. The second-order valence-electron chi connectivity index (χ2n) is 5.70. The van der Waals surface area contributed by atoms with Crippen molar-refractivity contribution in [1.82, 2.24) is 14.5 Å². The monoisotopic (exact) mass is 411 g/mol. The number of ether oxygens (including phenoxy) is 1. The Morgan fingerprint density at radius 1 is 1.23 bits per heavy atom. The second-order valence-corrected chi connectivity index (χ2v) is 9.35. The molecule has 9 heteroatoms. The van der Waals surface area contributed by atoms with Gasteiger partial charge < -0.3 is 4.74 Å². The average molecular weight is 412 g/mol. The zero-order valence-electron chi connectivity index (χ0n) is 14.4. The van der Waals surface area contributed by atoms with Crippen LogP contribution in [0.5, 0.6) is 5.75 Å². The van der Waals surface area contributed by atoms with Crippen molar-refractivity contribution in [3.63, 3.8) is 0 Å². The third kappa shape index (κ3) is 3.78. The maximum atomic E-state index is 12.5. The Morgan fingerprint density at radius 3 is 2.50 bits per heavy atom. The molecule has 0 unspecified atom stereocenters. The number of sulfonamides is 1. The van der Waals surface area contributed by atoms with Gasteiger partial charge in [-0.05, 0) is 50.2 Å². The van der Waals surface area contributed by atoms with Gasteiger partial charge in [0.2, 0.25) is 0 Å². The molecule has 0 bridgehead atoms. The molecule has 3 rings (SSSR count). The fraction of sp³-hybridized carbons (Fsp3) is 0.235. The first kappa shape index (κ1) is 18.9. The van der Waals surface area contributed by atoms with Crippen molar-refractivity contribution in [1.29, 1.82) is 0 Å². The molecule has 1 aromatic carbocycles. The van der Waals surface area contributed by atoms with E-state index in [-0.39, 0.29) is 4.21 Å². The van der Waals surface area contributed by atoms with Crippen molar-refractivity contribution in [2.45, 2.75) is 24.1 Å². The predicted molar refractivity (Wildman–Crippen MR) is 103 cm³/mol. The molecule has 0 aliphatic rings. The topological polar surface area (TPSA) is 73.2 Å². The first-order valence-corrected chi connectivity index (χ1v) is 10.5. The molecule has 2 aromatic heterocycles. The van der Waals surface area contributed by atoms with Gasteiger partial charge in [-0.2, -0.15) is 5.10 Å². The molecular weight excluding hydrogens is 394 g/mol. The molecule has 2 heterocycles. The quantitative estimate of drug-likeness (QED) is 0.666. The Morgan fingerprint density at radius 2 is 1.92 bits per heavy atom. The summed E-state index contributed by atoms with van der Waals surface area (Å²) in [6, 6.07) is 10.1. The molecule has 1 N–H and O–H groups in total. The molecule has 0 saturated carbocycles. The first-order valence-electron chi connectivity index (χ1n) is 7.78. The van der Waals surface area contributed by atoms with Crippen LogP contribution in [0.1, 0.15) is 24.2 Å². The maximum absolute atomic E-state index is 12.5. The first-order chi connectivity index (χ1) is 12.3. The van der Waals surface area contributed by atoms with E-state index in [2.05, 4.69) is 9.82 Å². The van der Waals surface area contributed by atoms with Crippen LogP contribution in [0, 0.1) is 6.92 Å². The molecule has 3 aromatic rings. The van der Waals surface area contributed by atoms with E-state index >= 15 is 0 Å². The molecule has 26 heavy (non-hydrogen) atoms. The van der Waals surface area contributed by atoms with Crippen LogP contribution in [0.2, 0.25) is 4.34 Å². The van der Waals surface area contributed by atoms with E-state index in [1.807, 2.05) is 31.2 Å². The van der Waals surface area contributed by atoms with Crippen molar-refractivity contribution in [3.05, 3.63) is 58.2 Å². The van der Waals surface area contributed by atoms with Gasteiger partial charge in [-0.15, -0.1) is 11.3 Å². The third-order valence-corrected chi connectivity index (χ3v) is 7.24. The summed E-state index contributed by atoms with van der Waals surface area (Å²) in [6.45, 7) is 3.69. The summed E-state index contributed by atoms with van der Waals surface area (Å²) < 4.78 is 35.2. The lowest BCUT2D eigenvalue weighted by Crippen LogP contribution is -2.26. The van der Waals surface area contributed by atoms with Crippen LogP contribution in [0.25, 0.3) is 5.69 Å². The highest BCUT2D eigenvalue weighted by Gasteiger charge is 2.23. The van der Waals surface area contributed by atoms with Gasteiger partial charge in [-0.1, -0.05) is 11.6 Å². The van der Waals surface area contributed by atoms with Gasteiger partial charge in [-0.3, -0.25) is 0 Å². The second kappa shape index (κ2) is 7.40. The van der Waals surface area contributed by atoms with Gasteiger partial charge in [0.25, 0.3) is 10.0 Å². The Kier molecular flexibility index (Phi) is 5.38. The minimum Gasteiger partial charge on any atom is -0.497 e. The van der Waals surface area contributed by atoms with E-state index in [0.29, 0.717) is 4.34 Å². The van der Waals surface area contributed by atoms with Gasteiger partial charge in [0, 0.05) is 17.3 Å². The van der Waals surface area contributed by atoms with Crippen molar-refractivity contribution in [2.24, 2.45) is 0 Å². The molecule has 1 atom stereocenters. The van der Waals surface area contributed by atoms with Gasteiger partial charge in [0.15, 0.2) is 0 Å². The van der Waals surface area contributed by atoms with Gasteiger partial charge in [0.05, 0.1) is 23.3 Å². The Balaban J connectivity index is 1.84. The number of benzene rings is 1. The highest BCUT2D eigenvalue weighted by Crippen LogP contribution is 2.28. The Labute approximate surface area is 161 Å². The fourth-order valence-electron chi connectivity index (χ4n) is 2.63. The van der Waals surface area contributed by atoms with E-state index in [1.54, 1.807) is 31.0 Å². The molecular formula is C17H18ClN3O3S2. The van der Waals surface area contributed by atoms with Crippen LogP contribution in [0.3, 0.4) is 0 Å². The number of aromatic nitrogens is 2. The average Bonchev–Trinajstić information content (AvgIpc) is 3.21. The van der Waals surface area contributed by atoms with Crippen LogP contribution < -0.4 is 9.46 Å². The molecule has 138 valence electrons. The van der Waals surface area contributed by atoms with E-state index in [0.717, 1.165) is 34.0 Å². The standard InChI is InChI=1S/C17H18ClN3O3S2/c1-11(20-26(22,23)17-9-8-16(18)25-17)15-10-19-21(12(15)2)13-4-6-14(24-3)7-5-13/h4-11,20H,1-3H3/t11-/m1/s1. The number of rotatable bonds is 6. The van der Waals surface area contributed by atoms with Crippen LogP contribution in [-0.4, -0.2) is 25.3 Å². The van der Waals surface area contributed by atoms with Crippen molar-refractivity contribution < 1.29 is 13.2 Å². The van der Waals surface area contributed by atoms with Crippen LogP contribution >= 0.6 is 22.9 Å². The predicted octanol–water partition coefficient (Wildman–Crippen LogP) is 3.94. The van der Waals surface area contributed by atoms with Gasteiger partial charge in [0.1, 0.15) is 9.96 Å². The van der Waals surface area contributed by atoms with Crippen LogP contribution in [0.15, 0.2) is 46.8 Å². The maximum Gasteiger partial charge on any atom is 0.250 e. The lowest BCUT2D eigenvalue weighted by molar-refractivity contribution is 0.414. The summed E-state index contributed by atoms with van der Waals surface area (Å²) in [5, 5.41) is 4.39. The third-order valence-electron chi connectivity index (χ3n) is 3.98. The number of nitrogens with zero attached hydrogens (tertiary/aromatic N) is 2. The van der Waals surface area contributed by atoms with Crippen molar-refractivity contribution in [3.8, 4) is 11.4 Å². The molecule has 0 amide bonds. The van der Waals surface area contributed by atoms with Gasteiger partial charge in [-0.25, -0.2) is 17.8 Å². The van der Waals surface area contributed by atoms with E-state index in [4.69, 9.17) is 16.3 Å². The number of hydrogen-bond acceptors (Lipinski definition) is 5. The van der Waals surface area contributed by atoms with Crippen molar-refractivity contribution in [2.75, 3.05) is 7.11 Å².